The molecule has 0 aromatic heterocycles. The van der Waals surface area contributed by atoms with Gasteiger partial charge in [-0.1, -0.05) is 49.4 Å². The van der Waals surface area contributed by atoms with Crippen LogP contribution in [0.15, 0.2) is 59.7 Å². The molecule has 0 heterocycles. The zero-order valence-electron chi connectivity index (χ0n) is 11.1. The Morgan fingerprint density at radius 2 is 1.80 bits per heavy atom. The molecule has 0 fully saturated rings. The van der Waals surface area contributed by atoms with E-state index < -0.39 is 11.7 Å². The Labute approximate surface area is 117 Å². The minimum absolute atomic E-state index is 0.0167. The van der Waals surface area contributed by atoms with E-state index in [0.29, 0.717) is 0 Å². The molecule has 4 heteroatoms. The van der Waals surface area contributed by atoms with E-state index in [0.717, 1.165) is 5.56 Å². The van der Waals surface area contributed by atoms with Gasteiger partial charge in [-0.15, -0.1) is 0 Å². The van der Waals surface area contributed by atoms with Crippen molar-refractivity contribution in [1.82, 2.24) is 5.43 Å². The number of rotatable bonds is 4. The molecule has 0 saturated carbocycles. The second kappa shape index (κ2) is 6.61. The Hall–Kier alpha value is -2.49. The molecule has 0 aliphatic heterocycles. The van der Waals surface area contributed by atoms with Gasteiger partial charge in [-0.25, -0.2) is 9.82 Å². The first kappa shape index (κ1) is 13.9. The average Bonchev–Trinajstić information content (AvgIpc) is 2.48. The lowest BCUT2D eigenvalue weighted by Gasteiger charge is -2.05. The second-order valence-electron chi connectivity index (χ2n) is 4.40. The molecule has 2 aromatic rings. The van der Waals surface area contributed by atoms with Gasteiger partial charge in [0.1, 0.15) is 5.82 Å². The number of carbonyl (C=O) groups excluding carboxylic acids is 1. The van der Waals surface area contributed by atoms with Crippen LogP contribution < -0.4 is 5.43 Å². The molecule has 0 aliphatic carbocycles. The lowest BCUT2D eigenvalue weighted by Crippen LogP contribution is -2.19. The zero-order chi connectivity index (χ0) is 14.4. The maximum absolute atomic E-state index is 13.4. The van der Waals surface area contributed by atoms with E-state index in [1.807, 2.05) is 37.3 Å². The SMILES string of the molecule is C[C@@H](/C=N\NC(=O)c1ccccc1F)c1ccccc1. The van der Waals surface area contributed by atoms with Gasteiger partial charge in [0.05, 0.1) is 5.56 Å². The van der Waals surface area contributed by atoms with Crippen LogP contribution in [0.5, 0.6) is 0 Å². The number of nitrogens with zero attached hydrogens (tertiary/aromatic N) is 1. The van der Waals surface area contributed by atoms with Crippen molar-refractivity contribution in [3.63, 3.8) is 0 Å². The number of hydrazone groups is 1. The van der Waals surface area contributed by atoms with Crippen LogP contribution in [0.3, 0.4) is 0 Å². The zero-order valence-corrected chi connectivity index (χ0v) is 11.1. The molecular formula is C16H15FN2O. The van der Waals surface area contributed by atoms with Crippen LogP contribution in [-0.2, 0) is 0 Å². The molecule has 1 N–H and O–H groups in total. The van der Waals surface area contributed by atoms with Gasteiger partial charge in [-0.05, 0) is 17.7 Å². The molecule has 0 saturated heterocycles. The van der Waals surface area contributed by atoms with Crippen LogP contribution in [0.1, 0.15) is 28.8 Å². The number of amides is 1. The van der Waals surface area contributed by atoms with Crippen molar-refractivity contribution in [1.29, 1.82) is 0 Å². The highest BCUT2D eigenvalue weighted by Gasteiger charge is 2.09. The van der Waals surface area contributed by atoms with Gasteiger partial charge in [0, 0.05) is 12.1 Å². The normalized spacial score (nSPS) is 12.3. The summed E-state index contributed by atoms with van der Waals surface area (Å²) < 4.78 is 13.4. The van der Waals surface area contributed by atoms with Gasteiger partial charge in [0.25, 0.3) is 5.91 Å². The maximum atomic E-state index is 13.4. The quantitative estimate of drug-likeness (QED) is 0.672. The van der Waals surface area contributed by atoms with Gasteiger partial charge in [-0.3, -0.25) is 4.79 Å². The van der Waals surface area contributed by atoms with Crippen molar-refractivity contribution in [2.24, 2.45) is 5.10 Å². The first-order valence-electron chi connectivity index (χ1n) is 6.31. The van der Waals surface area contributed by atoms with Crippen LogP contribution in [0.4, 0.5) is 4.39 Å². The molecule has 102 valence electrons. The summed E-state index contributed by atoms with van der Waals surface area (Å²) in [6.45, 7) is 1.97. The summed E-state index contributed by atoms with van der Waals surface area (Å²) in [4.78, 5) is 11.7. The minimum Gasteiger partial charge on any atom is -0.267 e. The van der Waals surface area contributed by atoms with Crippen LogP contribution in [-0.4, -0.2) is 12.1 Å². The van der Waals surface area contributed by atoms with Crippen LogP contribution in [0.25, 0.3) is 0 Å². The minimum atomic E-state index is -0.559. The highest BCUT2D eigenvalue weighted by Crippen LogP contribution is 2.11. The number of hydrogen-bond acceptors (Lipinski definition) is 2. The Morgan fingerprint density at radius 1 is 1.15 bits per heavy atom. The van der Waals surface area contributed by atoms with E-state index in [-0.39, 0.29) is 11.5 Å². The summed E-state index contributed by atoms with van der Waals surface area (Å²) >= 11 is 0. The molecule has 2 aromatic carbocycles. The van der Waals surface area contributed by atoms with Gasteiger partial charge < -0.3 is 0 Å². The summed E-state index contributed by atoms with van der Waals surface area (Å²) in [6, 6.07) is 15.6. The molecule has 2 rings (SSSR count). The molecule has 0 radical (unpaired) electrons. The van der Waals surface area contributed by atoms with Crippen molar-refractivity contribution >= 4 is 12.1 Å². The molecule has 1 amide bonds. The van der Waals surface area contributed by atoms with E-state index in [1.165, 1.54) is 18.2 Å². The summed E-state index contributed by atoms with van der Waals surface area (Å²) in [5, 5.41) is 3.87. The Kier molecular flexibility index (Phi) is 4.60. The third kappa shape index (κ3) is 3.51. The van der Waals surface area contributed by atoms with Crippen molar-refractivity contribution in [2.75, 3.05) is 0 Å². The summed E-state index contributed by atoms with van der Waals surface area (Å²) in [7, 11) is 0. The second-order valence-corrected chi connectivity index (χ2v) is 4.40. The van der Waals surface area contributed by atoms with Crippen molar-refractivity contribution in [3.05, 3.63) is 71.5 Å². The summed E-state index contributed by atoms with van der Waals surface area (Å²) in [5.41, 5.74) is 3.41. The first-order valence-corrected chi connectivity index (χ1v) is 6.31. The van der Waals surface area contributed by atoms with E-state index in [2.05, 4.69) is 10.5 Å². The standard InChI is InChI=1S/C16H15FN2O/c1-12(13-7-3-2-4-8-13)11-18-19-16(20)14-9-5-6-10-15(14)17/h2-12H,1H3,(H,19,20)/b18-11-/t12-/m0/s1. The molecule has 0 aliphatic rings. The maximum Gasteiger partial charge on any atom is 0.274 e. The average molecular weight is 270 g/mol. The summed E-state index contributed by atoms with van der Waals surface area (Å²) in [5.74, 6) is -1.05. The Balaban J connectivity index is 1.97. The highest BCUT2D eigenvalue weighted by molar-refractivity contribution is 5.94. The fourth-order valence-corrected chi connectivity index (χ4v) is 1.76. The number of halogens is 1. The highest BCUT2D eigenvalue weighted by atomic mass is 19.1. The van der Waals surface area contributed by atoms with E-state index >= 15 is 0 Å². The van der Waals surface area contributed by atoms with Gasteiger partial charge >= 0.3 is 0 Å². The number of benzene rings is 2. The molecule has 0 bridgehead atoms. The summed E-state index contributed by atoms with van der Waals surface area (Å²) in [6.07, 6.45) is 1.62. The predicted octanol–water partition coefficient (Wildman–Crippen LogP) is 3.35. The molecule has 20 heavy (non-hydrogen) atoms. The van der Waals surface area contributed by atoms with Crippen molar-refractivity contribution in [2.45, 2.75) is 12.8 Å². The number of carbonyl (C=O) groups is 1. The third-order valence-corrected chi connectivity index (χ3v) is 2.91. The molecular weight excluding hydrogens is 255 g/mol. The topological polar surface area (TPSA) is 41.5 Å². The van der Waals surface area contributed by atoms with Gasteiger partial charge in [-0.2, -0.15) is 5.10 Å². The van der Waals surface area contributed by atoms with Crippen LogP contribution >= 0.6 is 0 Å². The first-order chi connectivity index (χ1) is 9.68. The van der Waals surface area contributed by atoms with E-state index in [9.17, 15) is 9.18 Å². The lowest BCUT2D eigenvalue weighted by atomic mass is 10.0. The lowest BCUT2D eigenvalue weighted by molar-refractivity contribution is 0.0951. The molecule has 0 spiro atoms. The fraction of sp³-hybridized carbons (Fsp3) is 0.125. The van der Waals surface area contributed by atoms with E-state index in [4.69, 9.17) is 0 Å². The van der Waals surface area contributed by atoms with Crippen LogP contribution in [0.2, 0.25) is 0 Å². The monoisotopic (exact) mass is 270 g/mol. The van der Waals surface area contributed by atoms with E-state index in [1.54, 1.807) is 12.3 Å². The van der Waals surface area contributed by atoms with Crippen molar-refractivity contribution < 1.29 is 9.18 Å². The molecule has 0 unspecified atom stereocenters. The Morgan fingerprint density at radius 3 is 2.50 bits per heavy atom. The van der Waals surface area contributed by atoms with Gasteiger partial charge in [0.2, 0.25) is 0 Å². The Bertz CT molecular complexity index is 611. The van der Waals surface area contributed by atoms with Gasteiger partial charge in [0.15, 0.2) is 0 Å². The number of hydrogen-bond donors (Lipinski definition) is 1. The third-order valence-electron chi connectivity index (χ3n) is 2.91. The van der Waals surface area contributed by atoms with Crippen LogP contribution in [0, 0.1) is 5.82 Å². The molecule has 1 atom stereocenters. The predicted molar refractivity (Wildman–Crippen MR) is 77.2 cm³/mol. The molecule has 3 nitrogen and oxygen atoms in total. The van der Waals surface area contributed by atoms with Crippen molar-refractivity contribution in [3.8, 4) is 0 Å². The largest absolute Gasteiger partial charge is 0.274 e. The fourth-order valence-electron chi connectivity index (χ4n) is 1.76. The number of nitrogens with one attached hydrogen (secondary N) is 1. The smallest absolute Gasteiger partial charge is 0.267 e.